The molecule has 4 N–H and O–H groups in total. The van der Waals surface area contributed by atoms with Gasteiger partial charge in [-0.2, -0.15) is 11.8 Å². The van der Waals surface area contributed by atoms with Gasteiger partial charge < -0.3 is 30.1 Å². The third-order valence-corrected chi connectivity index (χ3v) is 9.79. The lowest BCUT2D eigenvalue weighted by Crippen LogP contribution is -2.42. The molecule has 3 aromatic rings. The first-order chi connectivity index (χ1) is 19.8. The van der Waals surface area contributed by atoms with E-state index in [4.69, 9.17) is 14.6 Å². The number of aromatic hydroxyl groups is 2. The molecule has 11 heteroatoms. The van der Waals surface area contributed by atoms with Crippen molar-refractivity contribution in [2.24, 2.45) is 0 Å². The van der Waals surface area contributed by atoms with Gasteiger partial charge in [0.15, 0.2) is 11.4 Å². The molecule has 7 rings (SSSR count). The predicted molar refractivity (Wildman–Crippen MR) is 149 cm³/mol. The van der Waals surface area contributed by atoms with E-state index in [1.54, 1.807) is 42.1 Å². The van der Waals surface area contributed by atoms with E-state index in [-0.39, 0.29) is 58.5 Å². The van der Waals surface area contributed by atoms with E-state index in [1.165, 1.54) is 23.1 Å². The number of amides is 2. The van der Waals surface area contributed by atoms with Gasteiger partial charge in [0.2, 0.25) is 0 Å². The lowest BCUT2D eigenvalue weighted by molar-refractivity contribution is -0.137. The largest absolute Gasteiger partial charge is 0.508 e. The number of urea groups is 1. The number of rotatable bonds is 6. The SMILES string of the molecule is O=C(O)CCCC[C@H]1SC[C@H]2NC(=O)N(c3c(O)ccc4c3Oc3cc(O)ccc3C43OC(=O)c4ccccc43)[C@H]21. The fourth-order valence-corrected chi connectivity index (χ4v) is 8.16. The first kappa shape index (κ1) is 25.6. The number of thioether (sulfide) groups is 1. The van der Waals surface area contributed by atoms with Gasteiger partial charge in [-0.05, 0) is 43.2 Å². The van der Waals surface area contributed by atoms with Crippen molar-refractivity contribution in [3.63, 3.8) is 0 Å². The number of benzene rings is 3. The Balaban J connectivity index is 1.38. The first-order valence-electron chi connectivity index (χ1n) is 13.4. The van der Waals surface area contributed by atoms with Crippen LogP contribution in [0.25, 0.3) is 0 Å². The van der Waals surface area contributed by atoms with Crippen molar-refractivity contribution < 1.29 is 39.2 Å². The summed E-state index contributed by atoms with van der Waals surface area (Å²) in [6.45, 7) is 0. The van der Waals surface area contributed by atoms with Gasteiger partial charge in [-0.3, -0.25) is 9.69 Å². The van der Waals surface area contributed by atoms with Crippen LogP contribution < -0.4 is 15.0 Å². The Bertz CT molecular complexity index is 1630. The van der Waals surface area contributed by atoms with Gasteiger partial charge in [-0.15, -0.1) is 0 Å². The average molecular weight is 575 g/mol. The average Bonchev–Trinajstić information content (AvgIpc) is 3.57. The number of carbonyl (C=O) groups is 3. The molecule has 2 amide bonds. The molecule has 1 spiro atoms. The van der Waals surface area contributed by atoms with Crippen molar-refractivity contribution in [3.8, 4) is 23.0 Å². The molecule has 10 nitrogen and oxygen atoms in total. The maximum atomic E-state index is 13.5. The van der Waals surface area contributed by atoms with Crippen LogP contribution in [0, 0.1) is 0 Å². The van der Waals surface area contributed by atoms with Crippen molar-refractivity contribution in [1.29, 1.82) is 0 Å². The summed E-state index contributed by atoms with van der Waals surface area (Å²) in [5.74, 6) is -0.533. The summed E-state index contributed by atoms with van der Waals surface area (Å²) in [4.78, 5) is 39.2. The number of phenolic OH excluding ortho intramolecular Hbond substituents is 2. The molecule has 0 radical (unpaired) electrons. The van der Waals surface area contributed by atoms with Crippen LogP contribution in [0.2, 0.25) is 0 Å². The topological polar surface area (TPSA) is 146 Å². The number of hydrogen-bond donors (Lipinski definition) is 4. The van der Waals surface area contributed by atoms with E-state index < -0.39 is 17.5 Å². The number of nitrogens with zero attached hydrogens (tertiary/aromatic N) is 1. The number of hydrogen-bond acceptors (Lipinski definition) is 8. The molecule has 4 atom stereocenters. The highest BCUT2D eigenvalue weighted by molar-refractivity contribution is 8.00. The number of anilines is 1. The van der Waals surface area contributed by atoms with Gasteiger partial charge in [0.05, 0.1) is 23.2 Å². The molecule has 3 aromatic carbocycles. The number of carboxylic acids is 1. The summed E-state index contributed by atoms with van der Waals surface area (Å²) in [7, 11) is 0. The van der Waals surface area contributed by atoms with Gasteiger partial charge in [0, 0.05) is 34.6 Å². The Hall–Kier alpha value is -4.38. The minimum absolute atomic E-state index is 0.00177. The molecule has 210 valence electrons. The molecule has 41 heavy (non-hydrogen) atoms. The van der Waals surface area contributed by atoms with E-state index in [1.807, 2.05) is 6.07 Å². The Morgan fingerprint density at radius 2 is 1.85 bits per heavy atom. The van der Waals surface area contributed by atoms with E-state index in [2.05, 4.69) is 5.32 Å². The molecule has 0 bridgehead atoms. The molecule has 0 aromatic heterocycles. The fraction of sp³-hybridized carbons (Fsp3) is 0.300. The zero-order chi connectivity index (χ0) is 28.5. The minimum Gasteiger partial charge on any atom is -0.508 e. The summed E-state index contributed by atoms with van der Waals surface area (Å²) in [6.07, 6.45) is 2.01. The number of phenols is 2. The van der Waals surface area contributed by atoms with Crippen LogP contribution in [0.3, 0.4) is 0 Å². The molecule has 4 heterocycles. The van der Waals surface area contributed by atoms with Crippen molar-refractivity contribution in [3.05, 3.63) is 76.9 Å². The maximum absolute atomic E-state index is 13.5. The van der Waals surface area contributed by atoms with Gasteiger partial charge in [-0.25, -0.2) is 9.59 Å². The standard InChI is InChI=1S/C30H26N2O8S/c33-15-9-10-18-22(13-15)39-27-19(30(18)17-6-2-1-5-16(17)28(37)40-30)11-12-21(34)26(27)32-25-20(31-29(32)38)14-41-23(25)7-3-4-8-24(35)36/h1-2,5-6,9-13,20,23,25,33-34H,3-4,7-8,14H2,(H,31,38)(H,35,36)/t20-,23-,25-,30?/m1/s1. The summed E-state index contributed by atoms with van der Waals surface area (Å²) in [5.41, 5.74) is 0.662. The van der Waals surface area contributed by atoms with Crippen LogP contribution in [0.15, 0.2) is 54.6 Å². The zero-order valence-corrected chi connectivity index (χ0v) is 22.5. The summed E-state index contributed by atoms with van der Waals surface area (Å²) < 4.78 is 12.5. The minimum atomic E-state index is -1.43. The normalized spacial score (nSPS) is 25.2. The van der Waals surface area contributed by atoms with Crippen LogP contribution in [0.4, 0.5) is 10.5 Å². The monoisotopic (exact) mass is 574 g/mol. The maximum Gasteiger partial charge on any atom is 0.340 e. The van der Waals surface area contributed by atoms with Crippen molar-refractivity contribution in [2.45, 2.75) is 48.6 Å². The van der Waals surface area contributed by atoms with Gasteiger partial charge in [0.1, 0.15) is 22.9 Å². The first-order valence-corrected chi connectivity index (χ1v) is 14.5. The number of ether oxygens (including phenoxy) is 2. The third kappa shape index (κ3) is 3.75. The number of nitrogens with one attached hydrogen (secondary N) is 1. The number of esters is 1. The Morgan fingerprint density at radius 3 is 2.68 bits per heavy atom. The van der Waals surface area contributed by atoms with Gasteiger partial charge in [0.25, 0.3) is 0 Å². The molecule has 0 saturated carbocycles. The third-order valence-electron chi connectivity index (χ3n) is 8.30. The Labute approximate surface area is 238 Å². The summed E-state index contributed by atoms with van der Waals surface area (Å²) in [6, 6.07) is 13.8. The summed E-state index contributed by atoms with van der Waals surface area (Å²) >= 11 is 1.71. The van der Waals surface area contributed by atoms with Crippen molar-refractivity contribution in [1.82, 2.24) is 5.32 Å². The molecule has 1 unspecified atom stereocenters. The second-order valence-corrected chi connectivity index (χ2v) is 11.9. The van der Waals surface area contributed by atoms with Crippen molar-refractivity contribution in [2.75, 3.05) is 10.7 Å². The van der Waals surface area contributed by atoms with E-state index in [0.29, 0.717) is 47.3 Å². The molecule has 2 fully saturated rings. The van der Waals surface area contributed by atoms with Gasteiger partial charge >= 0.3 is 18.0 Å². The molecule has 2 saturated heterocycles. The highest BCUT2D eigenvalue weighted by Gasteiger charge is 2.56. The fourth-order valence-electron chi connectivity index (χ4n) is 6.58. The number of fused-ring (bicyclic) bond motifs is 7. The molecule has 4 aliphatic heterocycles. The van der Waals surface area contributed by atoms with E-state index in [0.717, 1.165) is 0 Å². The highest BCUT2D eigenvalue weighted by atomic mass is 32.2. The van der Waals surface area contributed by atoms with E-state index in [9.17, 15) is 24.6 Å². The highest BCUT2D eigenvalue weighted by Crippen LogP contribution is 2.60. The molecular formula is C30H26N2O8S. The zero-order valence-electron chi connectivity index (χ0n) is 21.7. The lowest BCUT2D eigenvalue weighted by Gasteiger charge is -2.39. The Morgan fingerprint density at radius 1 is 1.05 bits per heavy atom. The quantitative estimate of drug-likeness (QED) is 0.187. The number of aliphatic carboxylic acids is 1. The van der Waals surface area contributed by atoms with Crippen LogP contribution in [0.5, 0.6) is 23.0 Å². The molecule has 4 aliphatic rings. The summed E-state index contributed by atoms with van der Waals surface area (Å²) in [5, 5.41) is 33.7. The van der Waals surface area contributed by atoms with Gasteiger partial charge in [-0.1, -0.05) is 24.6 Å². The molecule has 0 aliphatic carbocycles. The molecular weight excluding hydrogens is 548 g/mol. The lowest BCUT2D eigenvalue weighted by atomic mass is 9.77. The van der Waals surface area contributed by atoms with Crippen LogP contribution in [-0.4, -0.2) is 56.4 Å². The second kappa shape index (κ2) is 9.34. The second-order valence-electron chi connectivity index (χ2n) is 10.6. The van der Waals surface area contributed by atoms with E-state index >= 15 is 0 Å². The number of carbonyl (C=O) groups excluding carboxylic acids is 2. The number of carboxylic acid groups (broad SMARTS) is 1. The number of unbranched alkanes of at least 4 members (excludes halogenated alkanes) is 1. The van der Waals surface area contributed by atoms with Crippen LogP contribution in [0.1, 0.15) is 52.7 Å². The van der Waals surface area contributed by atoms with Crippen molar-refractivity contribution >= 4 is 35.4 Å². The predicted octanol–water partition coefficient (Wildman–Crippen LogP) is 4.69. The Kier molecular flexibility index (Phi) is 5.82. The van der Waals surface area contributed by atoms with Crippen LogP contribution in [-0.2, 0) is 15.1 Å². The van der Waals surface area contributed by atoms with Crippen LogP contribution >= 0.6 is 11.8 Å². The smallest absolute Gasteiger partial charge is 0.340 e.